The highest BCUT2D eigenvalue weighted by Crippen LogP contribution is 2.48. The molecule has 1 aromatic heterocycles. The van der Waals surface area contributed by atoms with Crippen LogP contribution < -0.4 is 31.8 Å². The SMILES string of the molecule is COc1cc(C2C(C#N)=C(N)OC3NNC(c4ccncc4)C32)ccc1OCC(N)=O. The molecule has 6 N–H and O–H groups in total. The van der Waals surface area contributed by atoms with Gasteiger partial charge in [-0.1, -0.05) is 6.07 Å². The van der Waals surface area contributed by atoms with Crippen molar-refractivity contribution >= 4 is 5.91 Å². The molecule has 2 aliphatic heterocycles. The molecular weight excluding hydrogens is 400 g/mol. The van der Waals surface area contributed by atoms with E-state index in [1.165, 1.54) is 7.11 Å². The average molecular weight is 422 g/mol. The van der Waals surface area contributed by atoms with E-state index < -0.39 is 12.1 Å². The first-order valence-electron chi connectivity index (χ1n) is 9.60. The Balaban J connectivity index is 1.77. The zero-order chi connectivity index (χ0) is 22.0. The van der Waals surface area contributed by atoms with Crippen molar-refractivity contribution in [3.05, 3.63) is 65.3 Å². The molecule has 10 heteroatoms. The number of fused-ring (bicyclic) bond motifs is 1. The van der Waals surface area contributed by atoms with Crippen molar-refractivity contribution in [1.82, 2.24) is 15.8 Å². The van der Waals surface area contributed by atoms with Gasteiger partial charge in [0.25, 0.3) is 5.91 Å². The number of carbonyl (C=O) groups excluding carboxylic acids is 1. The average Bonchev–Trinajstić information content (AvgIpc) is 3.20. The minimum Gasteiger partial charge on any atom is -0.493 e. The lowest BCUT2D eigenvalue weighted by Crippen LogP contribution is -2.41. The summed E-state index contributed by atoms with van der Waals surface area (Å²) in [6.07, 6.45) is 2.98. The van der Waals surface area contributed by atoms with Gasteiger partial charge in [0, 0.05) is 24.2 Å². The summed E-state index contributed by atoms with van der Waals surface area (Å²) in [6.45, 7) is -0.272. The van der Waals surface area contributed by atoms with Crippen molar-refractivity contribution in [3.63, 3.8) is 0 Å². The Kier molecular flexibility index (Phi) is 5.62. The summed E-state index contributed by atoms with van der Waals surface area (Å²) in [5.41, 5.74) is 19.8. The standard InChI is InChI=1S/C21H22N6O4/c1-29-15-8-12(2-3-14(15)30-10-16(23)28)17-13(9-22)20(24)31-21-18(17)19(26-27-21)11-4-6-25-7-5-11/h2-8,17-19,21,26-27H,10,24H2,1H3,(H2,23,28). The number of amides is 1. The number of benzene rings is 1. The Bertz CT molecular complexity index is 1050. The molecule has 1 fully saturated rings. The molecule has 4 unspecified atom stereocenters. The second kappa shape index (κ2) is 8.51. The maximum Gasteiger partial charge on any atom is 0.255 e. The van der Waals surface area contributed by atoms with E-state index in [1.54, 1.807) is 24.5 Å². The van der Waals surface area contributed by atoms with Crippen molar-refractivity contribution in [2.75, 3.05) is 13.7 Å². The van der Waals surface area contributed by atoms with Gasteiger partial charge in [0.05, 0.1) is 18.7 Å². The van der Waals surface area contributed by atoms with Crippen LogP contribution in [0.2, 0.25) is 0 Å². The van der Waals surface area contributed by atoms with E-state index in [2.05, 4.69) is 21.9 Å². The summed E-state index contributed by atoms with van der Waals surface area (Å²) < 4.78 is 16.7. The van der Waals surface area contributed by atoms with Crippen LogP contribution in [-0.2, 0) is 9.53 Å². The Morgan fingerprint density at radius 2 is 2.00 bits per heavy atom. The number of methoxy groups -OCH3 is 1. The Labute approximate surface area is 178 Å². The fourth-order valence-electron chi connectivity index (χ4n) is 4.10. The van der Waals surface area contributed by atoms with Gasteiger partial charge < -0.3 is 25.7 Å². The quantitative estimate of drug-likeness (QED) is 0.522. The fraction of sp³-hybridized carbons (Fsp3) is 0.286. The Morgan fingerprint density at radius 3 is 2.68 bits per heavy atom. The largest absolute Gasteiger partial charge is 0.493 e. The molecule has 1 amide bonds. The number of nitrogens with one attached hydrogen (secondary N) is 2. The van der Waals surface area contributed by atoms with E-state index in [4.69, 9.17) is 25.7 Å². The summed E-state index contributed by atoms with van der Waals surface area (Å²) in [5, 5.41) is 9.87. The molecule has 1 aromatic carbocycles. The van der Waals surface area contributed by atoms with Crippen LogP contribution in [0.4, 0.5) is 0 Å². The highest BCUT2D eigenvalue weighted by Gasteiger charge is 2.49. The molecular formula is C21H22N6O4. The number of nitrogens with two attached hydrogens (primary N) is 2. The van der Waals surface area contributed by atoms with Crippen molar-refractivity contribution in [3.8, 4) is 17.6 Å². The smallest absolute Gasteiger partial charge is 0.255 e. The third-order valence-electron chi connectivity index (χ3n) is 5.43. The number of ether oxygens (including phenoxy) is 3. The number of primary amides is 1. The van der Waals surface area contributed by atoms with Crippen molar-refractivity contribution in [1.29, 1.82) is 5.26 Å². The van der Waals surface area contributed by atoms with Gasteiger partial charge in [0.1, 0.15) is 6.07 Å². The van der Waals surface area contributed by atoms with Crippen LogP contribution in [-0.4, -0.2) is 30.8 Å². The topological polar surface area (TPSA) is 158 Å². The molecule has 0 saturated carbocycles. The molecule has 4 atom stereocenters. The minimum atomic E-state index is -0.593. The molecule has 0 spiro atoms. The molecule has 10 nitrogen and oxygen atoms in total. The van der Waals surface area contributed by atoms with Crippen LogP contribution in [0, 0.1) is 17.2 Å². The Hall–Kier alpha value is -3.81. The first-order valence-corrected chi connectivity index (χ1v) is 9.60. The second-order valence-corrected chi connectivity index (χ2v) is 7.20. The molecule has 1 saturated heterocycles. The third kappa shape index (κ3) is 3.84. The number of pyridine rings is 1. The zero-order valence-electron chi connectivity index (χ0n) is 16.7. The van der Waals surface area contributed by atoms with Crippen molar-refractivity contribution in [2.45, 2.75) is 18.2 Å². The van der Waals surface area contributed by atoms with Gasteiger partial charge in [-0.05, 0) is 35.4 Å². The number of allylic oxidation sites excluding steroid dienone is 1. The normalized spacial score (nSPS) is 24.6. The maximum atomic E-state index is 11.1. The van der Waals surface area contributed by atoms with Gasteiger partial charge in [0.2, 0.25) is 5.88 Å². The lowest BCUT2D eigenvalue weighted by atomic mass is 9.74. The van der Waals surface area contributed by atoms with Crippen LogP contribution in [0.25, 0.3) is 0 Å². The molecule has 0 aliphatic carbocycles. The zero-order valence-corrected chi connectivity index (χ0v) is 16.7. The van der Waals surface area contributed by atoms with E-state index in [1.807, 2.05) is 18.2 Å². The number of rotatable bonds is 6. The summed E-state index contributed by atoms with van der Waals surface area (Å²) in [5.74, 6) is -0.305. The molecule has 2 aliphatic rings. The van der Waals surface area contributed by atoms with Crippen molar-refractivity contribution < 1.29 is 19.0 Å². The predicted molar refractivity (Wildman–Crippen MR) is 109 cm³/mol. The number of hydrogen-bond acceptors (Lipinski definition) is 9. The van der Waals surface area contributed by atoms with Crippen molar-refractivity contribution in [2.24, 2.45) is 17.4 Å². The summed E-state index contributed by atoms with van der Waals surface area (Å²) >= 11 is 0. The highest BCUT2D eigenvalue weighted by atomic mass is 16.5. The monoisotopic (exact) mass is 422 g/mol. The van der Waals surface area contributed by atoms with Gasteiger partial charge in [-0.2, -0.15) is 5.26 Å². The lowest BCUT2D eigenvalue weighted by molar-refractivity contribution is -0.119. The van der Waals surface area contributed by atoms with Gasteiger partial charge in [-0.25, -0.2) is 10.9 Å². The number of aromatic nitrogens is 1. The number of hydrazine groups is 1. The number of nitrogens with zero attached hydrogens (tertiary/aromatic N) is 2. The van der Waals surface area contributed by atoms with E-state index in [9.17, 15) is 10.1 Å². The molecule has 0 radical (unpaired) electrons. The van der Waals surface area contributed by atoms with Gasteiger partial charge in [-0.3, -0.25) is 9.78 Å². The Morgan fingerprint density at radius 1 is 1.23 bits per heavy atom. The van der Waals surface area contributed by atoms with Crippen LogP contribution in [0.1, 0.15) is 23.1 Å². The second-order valence-electron chi connectivity index (χ2n) is 7.20. The molecule has 2 aromatic rings. The first-order chi connectivity index (χ1) is 15.0. The number of carbonyl (C=O) groups is 1. The molecule has 160 valence electrons. The summed E-state index contributed by atoms with van der Waals surface area (Å²) in [7, 11) is 1.50. The van der Waals surface area contributed by atoms with Crippen LogP contribution in [0.15, 0.2) is 54.2 Å². The molecule has 0 bridgehead atoms. The summed E-state index contributed by atoms with van der Waals surface area (Å²) in [4.78, 5) is 15.1. The molecule has 31 heavy (non-hydrogen) atoms. The van der Waals surface area contributed by atoms with Crippen LogP contribution in [0.5, 0.6) is 11.5 Å². The first kappa shape index (κ1) is 20.5. The molecule has 3 heterocycles. The summed E-state index contributed by atoms with van der Waals surface area (Å²) in [6, 6.07) is 11.1. The van der Waals surface area contributed by atoms with Gasteiger partial charge in [0.15, 0.2) is 24.3 Å². The highest BCUT2D eigenvalue weighted by molar-refractivity contribution is 5.75. The predicted octanol–water partition coefficient (Wildman–Crippen LogP) is 0.553. The maximum absolute atomic E-state index is 11.1. The fourth-order valence-corrected chi connectivity index (χ4v) is 4.10. The molecule has 4 rings (SSSR count). The van der Waals surface area contributed by atoms with E-state index in [-0.39, 0.29) is 30.4 Å². The number of hydrogen-bond donors (Lipinski definition) is 4. The van der Waals surface area contributed by atoms with Crippen LogP contribution in [0.3, 0.4) is 0 Å². The van der Waals surface area contributed by atoms with E-state index in [0.29, 0.717) is 17.1 Å². The van der Waals surface area contributed by atoms with Gasteiger partial charge >= 0.3 is 0 Å². The third-order valence-corrected chi connectivity index (χ3v) is 5.43. The van der Waals surface area contributed by atoms with E-state index >= 15 is 0 Å². The van der Waals surface area contributed by atoms with Gasteiger partial charge in [-0.15, -0.1) is 0 Å². The minimum absolute atomic E-state index is 0.0754. The lowest BCUT2D eigenvalue weighted by Gasteiger charge is -2.36. The van der Waals surface area contributed by atoms with E-state index in [0.717, 1.165) is 11.1 Å². The van der Waals surface area contributed by atoms with Crippen LogP contribution >= 0.6 is 0 Å². The number of nitriles is 1.